The van der Waals surface area contributed by atoms with Crippen LogP contribution >= 0.6 is 0 Å². The Morgan fingerprint density at radius 2 is 2.08 bits per heavy atom. The van der Waals surface area contributed by atoms with Gasteiger partial charge in [0, 0.05) is 13.1 Å². The standard InChI is InChI=1S/C16H15N5O4/c1-9-7-12(20-25-9)18-15(23)16(24)21(2)8-13-17-11-6-4-3-5-10(11)14(22)19-13/h3-7H,8H2,1-2H3,(H,17,19,22)(H,18,20,23). The van der Waals surface area contributed by atoms with E-state index in [4.69, 9.17) is 4.52 Å². The Morgan fingerprint density at radius 3 is 2.80 bits per heavy atom. The van der Waals surface area contributed by atoms with Gasteiger partial charge in [0.25, 0.3) is 5.56 Å². The fourth-order valence-corrected chi connectivity index (χ4v) is 2.27. The van der Waals surface area contributed by atoms with Crippen LogP contribution < -0.4 is 10.9 Å². The first-order valence-electron chi connectivity index (χ1n) is 7.42. The number of anilines is 1. The number of fused-ring (bicyclic) bond motifs is 1. The molecule has 0 saturated carbocycles. The van der Waals surface area contributed by atoms with E-state index in [0.29, 0.717) is 16.7 Å². The second-order valence-electron chi connectivity index (χ2n) is 5.47. The fourth-order valence-electron chi connectivity index (χ4n) is 2.27. The highest BCUT2D eigenvalue weighted by Gasteiger charge is 2.21. The molecule has 3 rings (SSSR count). The van der Waals surface area contributed by atoms with Crippen LogP contribution in [0.5, 0.6) is 0 Å². The number of hydrogen-bond acceptors (Lipinski definition) is 6. The van der Waals surface area contributed by atoms with Crippen LogP contribution in [-0.2, 0) is 16.1 Å². The molecule has 0 spiro atoms. The van der Waals surface area contributed by atoms with Crippen molar-refractivity contribution in [1.29, 1.82) is 0 Å². The molecule has 2 amide bonds. The number of H-pyrrole nitrogens is 1. The molecule has 25 heavy (non-hydrogen) atoms. The van der Waals surface area contributed by atoms with Gasteiger partial charge in [-0.2, -0.15) is 0 Å². The van der Waals surface area contributed by atoms with Crippen LogP contribution in [-0.4, -0.2) is 38.9 Å². The van der Waals surface area contributed by atoms with E-state index >= 15 is 0 Å². The molecule has 9 nitrogen and oxygen atoms in total. The van der Waals surface area contributed by atoms with Crippen LogP contribution in [0.15, 0.2) is 39.6 Å². The van der Waals surface area contributed by atoms with Gasteiger partial charge in [-0.05, 0) is 19.1 Å². The zero-order valence-corrected chi connectivity index (χ0v) is 13.6. The summed E-state index contributed by atoms with van der Waals surface area (Å²) >= 11 is 0. The summed E-state index contributed by atoms with van der Waals surface area (Å²) in [5.74, 6) is -0.712. The Bertz CT molecular complexity index is 1010. The van der Waals surface area contributed by atoms with Crippen LogP contribution in [0.4, 0.5) is 5.82 Å². The number of nitrogens with zero attached hydrogens (tertiary/aromatic N) is 3. The van der Waals surface area contributed by atoms with Gasteiger partial charge in [-0.1, -0.05) is 17.3 Å². The number of carbonyl (C=O) groups is 2. The molecule has 0 aliphatic rings. The normalized spacial score (nSPS) is 10.6. The van der Waals surface area contributed by atoms with Crippen LogP contribution in [0.2, 0.25) is 0 Å². The quantitative estimate of drug-likeness (QED) is 0.680. The predicted molar refractivity (Wildman–Crippen MR) is 88.7 cm³/mol. The lowest BCUT2D eigenvalue weighted by molar-refractivity contribution is -0.142. The lowest BCUT2D eigenvalue weighted by Crippen LogP contribution is -2.37. The Morgan fingerprint density at radius 1 is 1.32 bits per heavy atom. The second-order valence-corrected chi connectivity index (χ2v) is 5.47. The number of benzene rings is 1. The van der Waals surface area contributed by atoms with Crippen molar-refractivity contribution in [2.24, 2.45) is 0 Å². The summed E-state index contributed by atoms with van der Waals surface area (Å²) in [5.41, 5.74) is 0.216. The van der Waals surface area contributed by atoms with Gasteiger partial charge in [0.1, 0.15) is 11.6 Å². The molecule has 0 aliphatic heterocycles. The molecular weight excluding hydrogens is 326 g/mol. The number of nitrogens with one attached hydrogen (secondary N) is 2. The van der Waals surface area contributed by atoms with Crippen LogP contribution in [0.3, 0.4) is 0 Å². The second kappa shape index (κ2) is 6.56. The molecule has 9 heteroatoms. The predicted octanol–water partition coefficient (Wildman–Crippen LogP) is 0.817. The highest BCUT2D eigenvalue weighted by molar-refractivity contribution is 6.39. The van der Waals surface area contributed by atoms with Gasteiger partial charge in [0.15, 0.2) is 5.82 Å². The van der Waals surface area contributed by atoms with Gasteiger partial charge in [-0.3, -0.25) is 19.7 Å². The molecule has 2 heterocycles. The highest BCUT2D eigenvalue weighted by atomic mass is 16.5. The van der Waals surface area contributed by atoms with E-state index in [0.717, 1.165) is 4.90 Å². The van der Waals surface area contributed by atoms with Crippen molar-refractivity contribution in [1.82, 2.24) is 20.0 Å². The fraction of sp³-hybridized carbons (Fsp3) is 0.188. The third-order valence-corrected chi connectivity index (χ3v) is 3.46. The van der Waals surface area contributed by atoms with Crippen LogP contribution in [0, 0.1) is 6.92 Å². The van der Waals surface area contributed by atoms with Crippen molar-refractivity contribution in [3.8, 4) is 0 Å². The third kappa shape index (κ3) is 3.55. The number of carbonyl (C=O) groups excluding carboxylic acids is 2. The molecule has 0 aliphatic carbocycles. The summed E-state index contributed by atoms with van der Waals surface area (Å²) in [4.78, 5) is 44.2. The summed E-state index contributed by atoms with van der Waals surface area (Å²) in [6, 6.07) is 8.36. The molecule has 0 saturated heterocycles. The summed E-state index contributed by atoms with van der Waals surface area (Å²) in [7, 11) is 1.44. The first-order chi connectivity index (χ1) is 11.9. The first kappa shape index (κ1) is 16.4. The lowest BCUT2D eigenvalue weighted by Gasteiger charge is -2.15. The maximum absolute atomic E-state index is 12.1. The number of likely N-dealkylation sites (N-methyl/N-ethyl adjacent to an activating group) is 1. The minimum Gasteiger partial charge on any atom is -0.360 e. The van der Waals surface area contributed by atoms with E-state index in [-0.39, 0.29) is 23.7 Å². The zero-order chi connectivity index (χ0) is 18.0. The smallest absolute Gasteiger partial charge is 0.315 e. The van der Waals surface area contributed by atoms with Crippen molar-refractivity contribution in [3.05, 3.63) is 52.3 Å². The van der Waals surface area contributed by atoms with Crippen molar-refractivity contribution in [3.63, 3.8) is 0 Å². The van der Waals surface area contributed by atoms with Gasteiger partial charge in [0.2, 0.25) is 0 Å². The maximum Gasteiger partial charge on any atom is 0.315 e. The topological polar surface area (TPSA) is 121 Å². The lowest BCUT2D eigenvalue weighted by atomic mass is 10.2. The van der Waals surface area contributed by atoms with Gasteiger partial charge < -0.3 is 14.4 Å². The molecule has 0 bridgehead atoms. The van der Waals surface area contributed by atoms with Gasteiger partial charge in [-0.25, -0.2) is 4.98 Å². The van der Waals surface area contributed by atoms with Gasteiger partial charge in [0.05, 0.1) is 17.4 Å². The molecular formula is C16H15N5O4. The van der Waals surface area contributed by atoms with E-state index in [2.05, 4.69) is 20.4 Å². The minimum atomic E-state index is -0.862. The van der Waals surface area contributed by atoms with Crippen LogP contribution in [0.25, 0.3) is 10.9 Å². The minimum absolute atomic E-state index is 0.0236. The molecule has 0 fully saturated rings. The SMILES string of the molecule is Cc1cc(NC(=O)C(=O)N(C)Cc2nc3ccccc3c(=O)[nH]2)no1. The van der Waals surface area contributed by atoms with Crippen molar-refractivity contribution in [2.75, 3.05) is 12.4 Å². The highest BCUT2D eigenvalue weighted by Crippen LogP contribution is 2.09. The third-order valence-electron chi connectivity index (χ3n) is 3.46. The number of aromatic nitrogens is 3. The van der Waals surface area contributed by atoms with E-state index in [1.54, 1.807) is 31.2 Å². The first-order valence-corrected chi connectivity index (χ1v) is 7.42. The number of amides is 2. The molecule has 0 unspecified atom stereocenters. The van der Waals surface area contributed by atoms with Crippen molar-refractivity contribution < 1.29 is 14.1 Å². The molecule has 128 valence electrons. The van der Waals surface area contributed by atoms with E-state index < -0.39 is 11.8 Å². The number of aryl methyl sites for hydroxylation is 1. The molecule has 2 N–H and O–H groups in total. The molecule has 3 aromatic rings. The number of rotatable bonds is 3. The maximum atomic E-state index is 12.1. The van der Waals surface area contributed by atoms with Crippen LogP contribution in [0.1, 0.15) is 11.6 Å². The Kier molecular flexibility index (Phi) is 4.29. The number of aromatic amines is 1. The average molecular weight is 341 g/mol. The number of para-hydroxylation sites is 1. The van der Waals surface area contributed by atoms with E-state index in [1.165, 1.54) is 13.1 Å². The number of hydrogen-bond donors (Lipinski definition) is 2. The summed E-state index contributed by atoms with van der Waals surface area (Å²) in [6.45, 7) is 1.64. The molecule has 1 aromatic carbocycles. The molecule has 2 aromatic heterocycles. The Balaban J connectivity index is 1.73. The van der Waals surface area contributed by atoms with E-state index in [9.17, 15) is 14.4 Å². The van der Waals surface area contributed by atoms with E-state index in [1.807, 2.05) is 0 Å². The van der Waals surface area contributed by atoms with Gasteiger partial charge >= 0.3 is 11.8 Å². The summed E-state index contributed by atoms with van der Waals surface area (Å²) in [5, 5.41) is 6.39. The largest absolute Gasteiger partial charge is 0.360 e. The summed E-state index contributed by atoms with van der Waals surface area (Å²) in [6.07, 6.45) is 0. The monoisotopic (exact) mass is 341 g/mol. The van der Waals surface area contributed by atoms with Crippen molar-refractivity contribution in [2.45, 2.75) is 13.5 Å². The Labute approximate surface area is 141 Å². The average Bonchev–Trinajstić information content (AvgIpc) is 2.99. The van der Waals surface area contributed by atoms with Crippen molar-refractivity contribution >= 4 is 28.5 Å². The molecule has 0 atom stereocenters. The Hall–Kier alpha value is -3.49. The van der Waals surface area contributed by atoms with Gasteiger partial charge in [-0.15, -0.1) is 0 Å². The zero-order valence-electron chi connectivity index (χ0n) is 13.6. The summed E-state index contributed by atoms with van der Waals surface area (Å²) < 4.78 is 4.82. The molecule has 0 radical (unpaired) electrons.